The van der Waals surface area contributed by atoms with Crippen LogP contribution in [0.2, 0.25) is 0 Å². The summed E-state index contributed by atoms with van der Waals surface area (Å²) in [4.78, 5) is 0. The van der Waals surface area contributed by atoms with Crippen molar-refractivity contribution < 1.29 is 4.57 Å². The molecule has 0 aliphatic carbocycles. The van der Waals surface area contributed by atoms with Gasteiger partial charge in [-0.3, -0.25) is 4.68 Å². The van der Waals surface area contributed by atoms with Crippen LogP contribution >= 0.6 is 7.14 Å². The van der Waals surface area contributed by atoms with Crippen LogP contribution in [0.3, 0.4) is 0 Å². The Balaban J connectivity index is 2.21. The molecule has 1 aromatic heterocycles. The monoisotopic (exact) mass is 310 g/mol. The van der Waals surface area contributed by atoms with Gasteiger partial charge in [0.05, 0.1) is 11.5 Å². The standard InChI is InChI=1S/C18H19N2OP/c1-15(2)20-14-18(13-19-20)22(21,16-9-5-3-6-10-16)17-11-7-4-8-12-17/h3-15H,1-2H3. The number of rotatable bonds is 4. The third-order valence-corrected chi connectivity index (χ3v) is 6.73. The molecule has 0 N–H and O–H groups in total. The Morgan fingerprint density at radius 3 is 1.77 bits per heavy atom. The van der Waals surface area contributed by atoms with E-state index in [1.54, 1.807) is 6.20 Å². The number of benzene rings is 2. The largest absolute Gasteiger partial charge is 0.309 e. The molecule has 1 heterocycles. The molecule has 4 heteroatoms. The Morgan fingerprint density at radius 1 is 0.864 bits per heavy atom. The average molecular weight is 310 g/mol. The van der Waals surface area contributed by atoms with Gasteiger partial charge in [0.2, 0.25) is 0 Å². The predicted molar refractivity (Wildman–Crippen MR) is 92.0 cm³/mol. The number of aromatic nitrogens is 2. The van der Waals surface area contributed by atoms with Gasteiger partial charge in [0.1, 0.15) is 0 Å². The lowest BCUT2D eigenvalue weighted by atomic mass is 10.4. The van der Waals surface area contributed by atoms with Gasteiger partial charge in [0.25, 0.3) is 0 Å². The second-order valence-corrected chi connectivity index (χ2v) is 8.32. The maximum atomic E-state index is 14.0. The minimum absolute atomic E-state index is 0.244. The topological polar surface area (TPSA) is 34.9 Å². The minimum Gasteiger partial charge on any atom is -0.309 e. The molecule has 112 valence electrons. The molecule has 0 aliphatic heterocycles. The fraction of sp³-hybridized carbons (Fsp3) is 0.167. The molecule has 0 fully saturated rings. The third kappa shape index (κ3) is 2.53. The SMILES string of the molecule is CC(C)n1cc(P(=O)(c2ccccc2)c2ccccc2)cn1. The summed E-state index contributed by atoms with van der Waals surface area (Å²) in [6.07, 6.45) is 3.65. The highest BCUT2D eigenvalue weighted by molar-refractivity contribution is 7.85. The van der Waals surface area contributed by atoms with Crippen LogP contribution in [0, 0.1) is 0 Å². The zero-order valence-corrected chi connectivity index (χ0v) is 13.6. The predicted octanol–water partition coefficient (Wildman–Crippen LogP) is 3.10. The Hall–Kier alpha value is -2.12. The number of hydrogen-bond acceptors (Lipinski definition) is 2. The van der Waals surface area contributed by atoms with E-state index in [0.29, 0.717) is 0 Å². The second-order valence-electron chi connectivity index (χ2n) is 5.55. The van der Waals surface area contributed by atoms with E-state index in [1.807, 2.05) is 71.5 Å². The minimum atomic E-state index is -2.88. The van der Waals surface area contributed by atoms with E-state index in [1.165, 1.54) is 0 Å². The van der Waals surface area contributed by atoms with E-state index >= 15 is 0 Å². The first kappa shape index (κ1) is 14.8. The van der Waals surface area contributed by atoms with Crippen molar-refractivity contribution in [2.75, 3.05) is 0 Å². The molecule has 0 saturated heterocycles. The molecule has 3 nitrogen and oxygen atoms in total. The fourth-order valence-electron chi connectivity index (χ4n) is 2.50. The number of nitrogens with zero attached hydrogens (tertiary/aromatic N) is 2. The van der Waals surface area contributed by atoms with Crippen molar-refractivity contribution in [2.24, 2.45) is 0 Å². The van der Waals surface area contributed by atoms with Gasteiger partial charge in [0.15, 0.2) is 7.14 Å². The highest BCUT2D eigenvalue weighted by Crippen LogP contribution is 2.42. The smallest absolute Gasteiger partial charge is 0.174 e. The lowest BCUT2D eigenvalue weighted by Gasteiger charge is -2.18. The Morgan fingerprint density at radius 2 is 1.36 bits per heavy atom. The normalized spacial score (nSPS) is 11.8. The van der Waals surface area contributed by atoms with Crippen LogP contribution in [0.15, 0.2) is 73.1 Å². The van der Waals surface area contributed by atoms with Crippen molar-refractivity contribution in [1.82, 2.24) is 9.78 Å². The summed E-state index contributed by atoms with van der Waals surface area (Å²) in [5, 5.41) is 6.83. The van der Waals surface area contributed by atoms with Gasteiger partial charge in [-0.2, -0.15) is 5.10 Å². The molecule has 0 bridgehead atoms. The van der Waals surface area contributed by atoms with Crippen LogP contribution in [0.1, 0.15) is 19.9 Å². The van der Waals surface area contributed by atoms with Crippen LogP contribution in [0.4, 0.5) is 0 Å². The van der Waals surface area contributed by atoms with Gasteiger partial charge in [-0.25, -0.2) is 0 Å². The lowest BCUT2D eigenvalue weighted by molar-refractivity contribution is 0.533. The summed E-state index contributed by atoms with van der Waals surface area (Å²) < 4.78 is 15.9. The van der Waals surface area contributed by atoms with E-state index in [0.717, 1.165) is 15.9 Å². The van der Waals surface area contributed by atoms with Crippen molar-refractivity contribution in [3.63, 3.8) is 0 Å². The molecule has 0 spiro atoms. The van der Waals surface area contributed by atoms with Crippen LogP contribution < -0.4 is 15.9 Å². The summed E-state index contributed by atoms with van der Waals surface area (Å²) in [6, 6.07) is 19.6. The maximum absolute atomic E-state index is 14.0. The molecule has 0 saturated carbocycles. The second kappa shape index (κ2) is 5.94. The van der Waals surface area contributed by atoms with Crippen LogP contribution in [0.25, 0.3) is 0 Å². The quantitative estimate of drug-likeness (QED) is 0.694. The molecule has 0 unspecified atom stereocenters. The van der Waals surface area contributed by atoms with Gasteiger partial charge in [-0.05, 0) is 13.8 Å². The Kier molecular flexibility index (Phi) is 4.00. The van der Waals surface area contributed by atoms with E-state index in [4.69, 9.17) is 0 Å². The molecule has 0 aliphatic rings. The van der Waals surface area contributed by atoms with Crippen LogP contribution in [0.5, 0.6) is 0 Å². The Bertz CT molecular complexity index is 751. The maximum Gasteiger partial charge on any atom is 0.174 e. The third-order valence-electron chi connectivity index (χ3n) is 3.72. The van der Waals surface area contributed by atoms with Gasteiger partial charge >= 0.3 is 0 Å². The molecule has 3 rings (SSSR count). The van der Waals surface area contributed by atoms with Crippen molar-refractivity contribution in [3.05, 3.63) is 73.1 Å². The van der Waals surface area contributed by atoms with Gasteiger partial charge in [-0.1, -0.05) is 60.7 Å². The van der Waals surface area contributed by atoms with Crippen LogP contribution in [-0.4, -0.2) is 9.78 Å². The molecular weight excluding hydrogens is 291 g/mol. The first-order valence-corrected chi connectivity index (χ1v) is 9.09. The number of hydrogen-bond donors (Lipinski definition) is 0. The van der Waals surface area contributed by atoms with Crippen molar-refractivity contribution in [2.45, 2.75) is 19.9 Å². The first-order valence-electron chi connectivity index (χ1n) is 7.38. The van der Waals surface area contributed by atoms with E-state index in [-0.39, 0.29) is 6.04 Å². The molecule has 3 aromatic rings. The highest BCUT2D eigenvalue weighted by atomic mass is 31.2. The first-order chi connectivity index (χ1) is 10.6. The fourth-order valence-corrected chi connectivity index (χ4v) is 5.07. The van der Waals surface area contributed by atoms with Gasteiger partial charge in [0, 0.05) is 22.8 Å². The Labute approximate surface area is 131 Å². The molecule has 0 atom stereocenters. The van der Waals surface area contributed by atoms with Crippen LogP contribution in [-0.2, 0) is 4.57 Å². The summed E-state index contributed by atoms with van der Waals surface area (Å²) in [5.41, 5.74) is 0. The molecule has 0 radical (unpaired) electrons. The average Bonchev–Trinajstić information content (AvgIpc) is 3.06. The zero-order valence-electron chi connectivity index (χ0n) is 12.8. The lowest BCUT2D eigenvalue weighted by Crippen LogP contribution is -2.24. The van der Waals surface area contributed by atoms with Gasteiger partial charge in [-0.15, -0.1) is 0 Å². The van der Waals surface area contributed by atoms with Crippen molar-refractivity contribution in [3.8, 4) is 0 Å². The van der Waals surface area contributed by atoms with E-state index < -0.39 is 7.14 Å². The van der Waals surface area contributed by atoms with E-state index in [2.05, 4.69) is 18.9 Å². The zero-order chi connectivity index (χ0) is 15.6. The molecular formula is C18H19N2OP. The molecule has 2 aromatic carbocycles. The summed E-state index contributed by atoms with van der Waals surface area (Å²) in [6.45, 7) is 4.12. The van der Waals surface area contributed by atoms with Gasteiger partial charge < -0.3 is 4.57 Å². The summed E-state index contributed by atoms with van der Waals surface area (Å²) >= 11 is 0. The molecule has 22 heavy (non-hydrogen) atoms. The highest BCUT2D eigenvalue weighted by Gasteiger charge is 2.31. The van der Waals surface area contributed by atoms with Crippen molar-refractivity contribution >= 4 is 23.1 Å². The van der Waals surface area contributed by atoms with E-state index in [9.17, 15) is 4.57 Å². The summed E-state index contributed by atoms with van der Waals surface area (Å²) in [5.74, 6) is 0. The summed E-state index contributed by atoms with van der Waals surface area (Å²) in [7, 11) is -2.88. The molecule has 0 amide bonds. The van der Waals surface area contributed by atoms with Crippen molar-refractivity contribution in [1.29, 1.82) is 0 Å².